The molecule has 2 heterocycles. The van der Waals surface area contributed by atoms with Gasteiger partial charge in [-0.1, -0.05) is 6.08 Å². The van der Waals surface area contributed by atoms with E-state index < -0.39 is 0 Å². The number of hydrogen-bond donors (Lipinski definition) is 2. The first-order valence-electron chi connectivity index (χ1n) is 3.89. The van der Waals surface area contributed by atoms with E-state index in [-0.39, 0.29) is 0 Å². The number of aromatic nitrogens is 1. The summed E-state index contributed by atoms with van der Waals surface area (Å²) in [6.07, 6.45) is 13.8. The lowest BCUT2D eigenvalue weighted by Crippen LogP contribution is -1.88. The molecule has 1 aromatic rings. The van der Waals surface area contributed by atoms with E-state index in [0.717, 1.165) is 0 Å². The van der Waals surface area contributed by atoms with Gasteiger partial charge in [0.2, 0.25) is 0 Å². The van der Waals surface area contributed by atoms with Gasteiger partial charge in [-0.25, -0.2) is 0 Å². The van der Waals surface area contributed by atoms with Crippen molar-refractivity contribution in [3.8, 4) is 0 Å². The maximum absolute atomic E-state index is 3.03. The van der Waals surface area contributed by atoms with Crippen LogP contribution in [0.3, 0.4) is 0 Å². The molecule has 0 saturated heterocycles. The SMILES string of the molecule is C1=CNC=CC(c2cc[nH]c2)=C1. The van der Waals surface area contributed by atoms with E-state index in [4.69, 9.17) is 0 Å². The van der Waals surface area contributed by atoms with E-state index in [2.05, 4.69) is 22.4 Å². The van der Waals surface area contributed by atoms with Crippen LogP contribution in [0.15, 0.2) is 49.1 Å². The van der Waals surface area contributed by atoms with Gasteiger partial charge in [0.25, 0.3) is 0 Å². The van der Waals surface area contributed by atoms with Crippen molar-refractivity contribution in [2.75, 3.05) is 0 Å². The van der Waals surface area contributed by atoms with Gasteiger partial charge < -0.3 is 10.3 Å². The van der Waals surface area contributed by atoms with Crippen LogP contribution in [-0.2, 0) is 0 Å². The summed E-state index contributed by atoms with van der Waals surface area (Å²) < 4.78 is 0. The second kappa shape index (κ2) is 3.13. The molecular weight excluding hydrogens is 148 g/mol. The molecule has 0 fully saturated rings. The van der Waals surface area contributed by atoms with Crippen LogP contribution in [0.2, 0.25) is 0 Å². The third-order valence-corrected chi connectivity index (χ3v) is 1.76. The predicted octanol–water partition coefficient (Wildman–Crippen LogP) is 2.03. The normalized spacial score (nSPS) is 15.2. The van der Waals surface area contributed by atoms with E-state index in [1.807, 2.05) is 36.9 Å². The summed E-state index contributed by atoms with van der Waals surface area (Å²) in [5, 5.41) is 3.02. The Hall–Kier alpha value is -1.70. The van der Waals surface area contributed by atoms with Crippen molar-refractivity contribution in [2.45, 2.75) is 0 Å². The van der Waals surface area contributed by atoms with E-state index in [1.54, 1.807) is 0 Å². The molecule has 0 unspecified atom stereocenters. The van der Waals surface area contributed by atoms with Crippen molar-refractivity contribution in [3.63, 3.8) is 0 Å². The molecule has 0 bridgehead atoms. The quantitative estimate of drug-likeness (QED) is 0.643. The third-order valence-electron chi connectivity index (χ3n) is 1.76. The van der Waals surface area contributed by atoms with Crippen LogP contribution in [0.4, 0.5) is 0 Å². The smallest absolute Gasteiger partial charge is 0.00841 e. The average Bonchev–Trinajstić information content (AvgIpc) is 2.48. The van der Waals surface area contributed by atoms with Crippen LogP contribution in [0.25, 0.3) is 5.57 Å². The van der Waals surface area contributed by atoms with Gasteiger partial charge in [0.1, 0.15) is 0 Å². The number of H-pyrrole nitrogens is 1. The molecule has 2 heteroatoms. The summed E-state index contributed by atoms with van der Waals surface area (Å²) in [7, 11) is 0. The molecule has 2 N–H and O–H groups in total. The van der Waals surface area contributed by atoms with Gasteiger partial charge in [-0.05, 0) is 29.4 Å². The molecule has 0 spiro atoms. The molecule has 2 rings (SSSR count). The first-order chi connectivity index (χ1) is 5.97. The van der Waals surface area contributed by atoms with Crippen molar-refractivity contribution in [1.82, 2.24) is 10.3 Å². The third kappa shape index (κ3) is 1.32. The van der Waals surface area contributed by atoms with Crippen LogP contribution >= 0.6 is 0 Å². The Morgan fingerprint density at radius 1 is 1.17 bits per heavy atom. The number of hydrogen-bond acceptors (Lipinski definition) is 1. The second-order valence-electron chi connectivity index (χ2n) is 2.58. The molecule has 0 aromatic carbocycles. The van der Waals surface area contributed by atoms with E-state index in [0.29, 0.717) is 0 Å². The lowest BCUT2D eigenvalue weighted by molar-refractivity contribution is 1.20. The molecule has 0 radical (unpaired) electrons. The van der Waals surface area contributed by atoms with Crippen molar-refractivity contribution in [2.24, 2.45) is 0 Å². The Kier molecular flexibility index (Phi) is 1.82. The fourth-order valence-electron chi connectivity index (χ4n) is 1.15. The van der Waals surface area contributed by atoms with Crippen molar-refractivity contribution >= 4 is 5.57 Å². The zero-order valence-corrected chi connectivity index (χ0v) is 6.62. The van der Waals surface area contributed by atoms with Crippen LogP contribution in [-0.4, -0.2) is 4.98 Å². The molecule has 12 heavy (non-hydrogen) atoms. The number of nitrogens with one attached hydrogen (secondary N) is 2. The molecule has 0 aliphatic carbocycles. The summed E-state index contributed by atoms with van der Waals surface area (Å²) in [4.78, 5) is 3.03. The standard InChI is InChI=1S/C10H10N2/c1-2-9(3-6-11-5-1)10-4-7-12-8-10/h1-8,11-12H. The summed E-state index contributed by atoms with van der Waals surface area (Å²) in [6.45, 7) is 0. The Balaban J connectivity index is 2.34. The largest absolute Gasteiger partial charge is 0.368 e. The molecule has 1 aromatic heterocycles. The predicted molar refractivity (Wildman–Crippen MR) is 50.2 cm³/mol. The molecule has 2 nitrogen and oxygen atoms in total. The summed E-state index contributed by atoms with van der Waals surface area (Å²) in [5.74, 6) is 0. The summed E-state index contributed by atoms with van der Waals surface area (Å²) in [5.41, 5.74) is 2.41. The van der Waals surface area contributed by atoms with Gasteiger partial charge in [0.15, 0.2) is 0 Å². The van der Waals surface area contributed by atoms with Gasteiger partial charge in [-0.15, -0.1) is 0 Å². The zero-order chi connectivity index (χ0) is 8.23. The van der Waals surface area contributed by atoms with E-state index >= 15 is 0 Å². The number of allylic oxidation sites excluding steroid dienone is 4. The highest BCUT2D eigenvalue weighted by atomic mass is 14.8. The molecule has 0 amide bonds. The Morgan fingerprint density at radius 3 is 3.00 bits per heavy atom. The van der Waals surface area contributed by atoms with E-state index in [9.17, 15) is 0 Å². The molecule has 60 valence electrons. The van der Waals surface area contributed by atoms with Gasteiger partial charge in [0.05, 0.1) is 0 Å². The Bertz CT molecular complexity index is 329. The van der Waals surface area contributed by atoms with Crippen molar-refractivity contribution in [3.05, 3.63) is 54.7 Å². The van der Waals surface area contributed by atoms with E-state index in [1.165, 1.54) is 11.1 Å². The number of rotatable bonds is 1. The van der Waals surface area contributed by atoms with Crippen molar-refractivity contribution < 1.29 is 0 Å². The molecule has 0 saturated carbocycles. The summed E-state index contributed by atoms with van der Waals surface area (Å²) >= 11 is 0. The maximum Gasteiger partial charge on any atom is 0.00841 e. The highest BCUT2D eigenvalue weighted by molar-refractivity contribution is 5.75. The van der Waals surface area contributed by atoms with Crippen LogP contribution < -0.4 is 5.32 Å². The van der Waals surface area contributed by atoms with Crippen molar-refractivity contribution in [1.29, 1.82) is 0 Å². The minimum absolute atomic E-state index is 1.21. The first-order valence-corrected chi connectivity index (χ1v) is 3.89. The first kappa shape index (κ1) is 6.98. The topological polar surface area (TPSA) is 27.8 Å². The molecular formula is C10H10N2. The van der Waals surface area contributed by atoms with Crippen LogP contribution in [0.5, 0.6) is 0 Å². The van der Waals surface area contributed by atoms with Gasteiger partial charge in [-0.2, -0.15) is 0 Å². The minimum atomic E-state index is 1.21. The Labute approximate surface area is 71.3 Å². The summed E-state index contributed by atoms with van der Waals surface area (Å²) in [6, 6.07) is 2.05. The fraction of sp³-hybridized carbons (Fsp3) is 0. The van der Waals surface area contributed by atoms with Gasteiger partial charge in [-0.3, -0.25) is 0 Å². The lowest BCUT2D eigenvalue weighted by Gasteiger charge is -1.93. The minimum Gasteiger partial charge on any atom is -0.368 e. The highest BCUT2D eigenvalue weighted by Gasteiger charge is 1.96. The molecule has 1 aliphatic rings. The molecule has 1 aliphatic heterocycles. The van der Waals surface area contributed by atoms with Crippen LogP contribution in [0, 0.1) is 0 Å². The second-order valence-corrected chi connectivity index (χ2v) is 2.58. The van der Waals surface area contributed by atoms with Crippen LogP contribution in [0.1, 0.15) is 5.56 Å². The van der Waals surface area contributed by atoms with Gasteiger partial charge in [0, 0.05) is 24.8 Å². The van der Waals surface area contributed by atoms with Gasteiger partial charge >= 0.3 is 0 Å². The maximum atomic E-state index is 3.03. The number of aromatic amines is 1. The average molecular weight is 158 g/mol. The monoisotopic (exact) mass is 158 g/mol. The fourth-order valence-corrected chi connectivity index (χ4v) is 1.15. The Morgan fingerprint density at radius 2 is 2.17 bits per heavy atom. The lowest BCUT2D eigenvalue weighted by atomic mass is 10.1. The zero-order valence-electron chi connectivity index (χ0n) is 6.62. The highest BCUT2D eigenvalue weighted by Crippen LogP contribution is 2.15. The molecule has 0 atom stereocenters.